The molecule has 0 unspecified atom stereocenters. The zero-order valence-electron chi connectivity index (χ0n) is 68.1. The molecule has 0 atom stereocenters. The van der Waals surface area contributed by atoms with Crippen LogP contribution >= 0.6 is 45.2 Å². The van der Waals surface area contributed by atoms with Crippen LogP contribution in [0.1, 0.15) is 238 Å². The molecule has 2 aromatic carbocycles. The van der Waals surface area contributed by atoms with Crippen molar-refractivity contribution in [3.05, 3.63) is 179 Å². The number of aromatic nitrogens is 2. The minimum atomic E-state index is -4.41. The van der Waals surface area contributed by atoms with Crippen LogP contribution in [-0.2, 0) is 91.7 Å². The fourth-order valence-corrected chi connectivity index (χ4v) is 18.7. The number of hydrogen-bond donors (Lipinski definition) is 0. The van der Waals surface area contributed by atoms with E-state index in [1.54, 1.807) is 39.6 Å². The Morgan fingerprint density at radius 2 is 0.841 bits per heavy atom. The van der Waals surface area contributed by atoms with Crippen LogP contribution in [0.5, 0.6) is 0 Å². The van der Waals surface area contributed by atoms with Crippen molar-refractivity contribution >= 4 is 131 Å². The third-order valence-electron chi connectivity index (χ3n) is 23.8. The minimum absolute atomic E-state index is 0.202. The van der Waals surface area contributed by atoms with Crippen molar-refractivity contribution in [3.8, 4) is 12.3 Å². The van der Waals surface area contributed by atoms with Gasteiger partial charge in [-0.3, -0.25) is 0 Å². The van der Waals surface area contributed by atoms with Gasteiger partial charge in [-0.2, -0.15) is 0 Å². The maximum Gasteiger partial charge on any atom is 0.738 e. The topological polar surface area (TPSA) is 176 Å². The van der Waals surface area contributed by atoms with Gasteiger partial charge in [0.15, 0.2) is 20.8 Å². The van der Waals surface area contributed by atoms with Crippen LogP contribution in [0.2, 0.25) is 0 Å². The Bertz CT molecular complexity index is 4630. The second kappa shape index (κ2) is 34.8. The predicted molar refractivity (Wildman–Crippen MR) is 453 cm³/mol. The zero-order chi connectivity index (χ0) is 82.1. The van der Waals surface area contributed by atoms with Crippen molar-refractivity contribution in [2.45, 2.75) is 247 Å². The molecule has 0 bridgehead atoms. The number of hydrogen-bond acceptors (Lipinski definition) is 14. The van der Waals surface area contributed by atoms with Gasteiger partial charge in [0.25, 0.3) is 0 Å². The molecule has 0 spiro atoms. The van der Waals surface area contributed by atoms with E-state index in [0.29, 0.717) is 61.7 Å². The van der Waals surface area contributed by atoms with Crippen LogP contribution in [0, 0.1) is 16.0 Å². The lowest BCUT2D eigenvalue weighted by molar-refractivity contribution is -0.362. The third kappa shape index (κ3) is 17.2. The van der Waals surface area contributed by atoms with Crippen LogP contribution in [0.25, 0.3) is 17.2 Å². The normalized spacial score (nSPS) is 21.8. The van der Waals surface area contributed by atoms with Crippen LogP contribution in [0.3, 0.4) is 0 Å². The van der Waals surface area contributed by atoms with E-state index >= 15 is 17.3 Å². The van der Waals surface area contributed by atoms with Gasteiger partial charge in [0.05, 0.1) is 74.9 Å². The molecule has 29 heteroatoms. The number of halogens is 6. The summed E-state index contributed by atoms with van der Waals surface area (Å²) in [5.41, 5.74) is 13.1. The van der Waals surface area contributed by atoms with Crippen molar-refractivity contribution in [2.24, 2.45) is 0 Å². The molecular formula is C84H105B5F4I2N4O14. The lowest BCUT2D eigenvalue weighted by Gasteiger charge is -2.34. The number of nitrogens with zero attached hydrogens (tertiary/aromatic N) is 4. The molecule has 7 aliphatic heterocycles. The summed E-state index contributed by atoms with van der Waals surface area (Å²) >= 11 is 4.37. The molecule has 113 heavy (non-hydrogen) atoms. The molecule has 4 aliphatic carbocycles. The van der Waals surface area contributed by atoms with Crippen molar-refractivity contribution < 1.29 is 92.3 Å². The molecule has 0 amide bonds. The molecule has 18 nitrogen and oxygen atoms in total. The molecule has 0 N–H and O–H groups in total. The Morgan fingerprint density at radius 1 is 0.478 bits per heavy atom. The Hall–Kier alpha value is -6.78. The van der Waals surface area contributed by atoms with E-state index in [4.69, 9.17) is 42.1 Å². The van der Waals surface area contributed by atoms with Gasteiger partial charge in [0.1, 0.15) is 0 Å². The molecule has 15 rings (SSSR count). The smallest absolute Gasteiger partial charge is 0.463 e. The van der Waals surface area contributed by atoms with E-state index in [1.165, 1.54) is 48.3 Å². The third-order valence-corrected chi connectivity index (χ3v) is 26.1. The van der Waals surface area contributed by atoms with E-state index in [2.05, 4.69) is 68.5 Å². The molecule has 3 saturated heterocycles. The number of rotatable bonds is 13. The number of ether oxygens (including phenoxy) is 4. The summed E-state index contributed by atoms with van der Waals surface area (Å²) in [6.45, 7) is 23.8. The van der Waals surface area contributed by atoms with Gasteiger partial charge in [-0.25, -0.2) is 19.2 Å². The molecule has 0 saturated carbocycles. The summed E-state index contributed by atoms with van der Waals surface area (Å²) in [7, 11) is -1.44. The van der Waals surface area contributed by atoms with Crippen LogP contribution < -0.4 is 0 Å². The van der Waals surface area contributed by atoms with Gasteiger partial charge in [0.2, 0.25) is 0 Å². The van der Waals surface area contributed by atoms with E-state index in [9.17, 15) is 19.2 Å². The van der Waals surface area contributed by atoms with Crippen molar-refractivity contribution in [3.63, 3.8) is 0 Å². The molecular weight excluding hydrogens is 1670 g/mol. The first-order valence-corrected chi connectivity index (χ1v) is 42.0. The van der Waals surface area contributed by atoms with E-state index in [1.807, 2.05) is 132 Å². The lowest BCUT2D eigenvalue weighted by atomic mass is 9.49. The Kier molecular flexibility index (Phi) is 26.8. The second-order valence-electron chi connectivity index (χ2n) is 32.6. The molecule has 11 aliphatic rings. The highest BCUT2D eigenvalue weighted by Crippen LogP contribution is 2.54. The zero-order valence-corrected chi connectivity index (χ0v) is 72.4. The Labute approximate surface area is 691 Å². The van der Waals surface area contributed by atoms with Gasteiger partial charge in [-0.1, -0.05) is 60.7 Å². The number of fused-ring (bicyclic) bond motifs is 10. The first-order valence-electron chi connectivity index (χ1n) is 39.9. The number of terminal acetylenes is 1. The molecule has 2 aromatic heterocycles. The first-order chi connectivity index (χ1) is 53.4. The highest BCUT2D eigenvalue weighted by molar-refractivity contribution is 14.1. The Balaban J connectivity index is 0.000000154. The second-order valence-corrected chi connectivity index (χ2v) is 34.6. The van der Waals surface area contributed by atoms with Crippen LogP contribution in [0.4, 0.5) is 17.3 Å². The average molecular weight is 1780 g/mol. The highest BCUT2D eigenvalue weighted by atomic mass is 127. The molecule has 602 valence electrons. The van der Waals surface area contributed by atoms with Crippen molar-refractivity contribution in [1.82, 2.24) is 8.96 Å². The first kappa shape index (κ1) is 87.1. The summed E-state index contributed by atoms with van der Waals surface area (Å²) in [5, 5.41) is 0. The van der Waals surface area contributed by atoms with E-state index in [0.717, 1.165) is 163 Å². The minimum Gasteiger partial charge on any atom is -0.463 e. The van der Waals surface area contributed by atoms with Crippen molar-refractivity contribution in [2.75, 3.05) is 26.4 Å². The van der Waals surface area contributed by atoms with Gasteiger partial charge in [-0.15, -0.1) is 6.42 Å². The number of benzene rings is 2. The maximum atomic E-state index is 17.4. The SMILES string of the molecule is C#CC(=O)OCC.CC1(C)OB(B2OC(C)(C)C(C)(C)O2)OC1(C)C.CCOC(=O)/C=C/B1OC(C)(C)C(C)(C)O1.CCOC(=O)/C=C/C1=[N+]2C(=C(c3ccccc3)c3c4c(c(/C=C/C(=O)OCC)n3[B-]2(F)F)CCCC4)C2=C1CCCC2.F[B-]1(F)n2c(I)c3c(c2C(c2ccccc2)=C2C4=C(CCCC4)C(I)=[N+]21)CCCC3. The van der Waals surface area contributed by atoms with Crippen molar-refractivity contribution in [1.29, 1.82) is 0 Å². The van der Waals surface area contributed by atoms with E-state index in [-0.39, 0.29) is 52.8 Å². The molecule has 4 aromatic rings. The lowest BCUT2D eigenvalue weighted by Crippen LogP contribution is -2.52. The quantitative estimate of drug-likeness (QED) is 0.0181. The van der Waals surface area contributed by atoms with Gasteiger partial charge >= 0.3 is 59.0 Å². The van der Waals surface area contributed by atoms with Gasteiger partial charge in [-0.05, 0) is 282 Å². The largest absolute Gasteiger partial charge is 0.738 e. The van der Waals surface area contributed by atoms with E-state index < -0.39 is 53.0 Å². The fourth-order valence-electron chi connectivity index (χ4n) is 16.3. The molecule has 0 radical (unpaired) electrons. The summed E-state index contributed by atoms with van der Waals surface area (Å²) < 4.78 is 129. The summed E-state index contributed by atoms with van der Waals surface area (Å²) in [6.07, 6.45) is 25.8. The van der Waals surface area contributed by atoms with Gasteiger partial charge in [0, 0.05) is 92.2 Å². The predicted octanol–water partition coefficient (Wildman–Crippen LogP) is 17.3. The summed E-state index contributed by atoms with van der Waals surface area (Å²) in [4.78, 5) is 45.7. The monoisotopic (exact) mass is 1780 g/mol. The summed E-state index contributed by atoms with van der Waals surface area (Å²) in [6, 6.07) is 20.0. The van der Waals surface area contributed by atoms with Crippen LogP contribution in [-0.4, -0.2) is 146 Å². The fraction of sp³-hybridized carbons (Fsp3) is 0.500. The average Bonchev–Trinajstić information content (AvgIpc) is 1.53. The summed E-state index contributed by atoms with van der Waals surface area (Å²) in [5.74, 6) is 1.28. The maximum absolute atomic E-state index is 17.4. The molecule has 3 fully saturated rings. The highest BCUT2D eigenvalue weighted by Gasteiger charge is 2.65. The number of esters is 4. The van der Waals surface area contributed by atoms with Gasteiger partial charge < -0.3 is 82.1 Å². The number of allylic oxidation sites excluding steroid dienone is 5. The Morgan fingerprint density at radius 3 is 1.29 bits per heavy atom. The number of carbonyl (C=O) groups is 4. The van der Waals surface area contributed by atoms with Crippen LogP contribution in [0.15, 0.2) is 125 Å². The standard InChI is InChI=1S/C33H35BF2N2O4.C23H21BF2I2N2.C12H24B2O4.C11H19BO4.C5H6O2/c1-3-41-29(39)20-18-27-23-14-8-10-16-25(23)32-31(22-12-6-5-7-13-22)33-26-17-11-9-15-24(26)28(19-21-30(40)42-4-2)38(33)34(35,36)37(27)32;25-24(26)29-20(15-10-4-6-12-17(15)22(29)27)19(14-8-2-1-3-9-14)21-16-11-5-7-13-18(16)23(28)30(21)24;1-9(2)10(3,4)16-13(15-9)14-17-11(5,6)12(7,8)18-14;1-6-14-9(13)7-8-12-15-10(2,3)11(4,5)16-12;1-3-5(6)7-4-2/h5-7,12-13,18-21H,3-4,8-11,14-17H2,1-2H3;1-3,8-9H,4-7,10-13H2;1-8H3;7-8H,6H2,1-5H3;1H,4H2,2H3/b20-18+,21-19+;;;8-7+;. The molecule has 9 heterocycles. The number of carbonyl (C=O) groups excluding carboxylic acids is 4.